The van der Waals surface area contributed by atoms with Crippen molar-refractivity contribution in [2.45, 2.75) is 37.5 Å². The third kappa shape index (κ3) is 4.60. The fourth-order valence-electron chi connectivity index (χ4n) is 4.78. The number of imidazole rings is 1. The summed E-state index contributed by atoms with van der Waals surface area (Å²) in [7, 11) is 0. The third-order valence-corrected chi connectivity index (χ3v) is 6.75. The van der Waals surface area contributed by atoms with Crippen LogP contribution in [0.25, 0.3) is 22.4 Å². The first kappa shape index (κ1) is 25.7. The highest BCUT2D eigenvalue weighted by molar-refractivity contribution is 5.81. The van der Waals surface area contributed by atoms with Gasteiger partial charge in [-0.1, -0.05) is 0 Å². The first-order valence-electron chi connectivity index (χ1n) is 11.6. The molecule has 4 aromatic rings. The molecule has 2 unspecified atom stereocenters. The zero-order valence-electron chi connectivity index (χ0n) is 19.8. The summed E-state index contributed by atoms with van der Waals surface area (Å²) in [5.74, 6) is -3.43. The Hall–Kier alpha value is -3.91. The van der Waals surface area contributed by atoms with Gasteiger partial charge < -0.3 is 26.0 Å². The average molecular weight is 534 g/mol. The number of alkyl halides is 2. The number of aromatic nitrogens is 5. The summed E-state index contributed by atoms with van der Waals surface area (Å²) in [6.45, 7) is 0.405. The smallest absolute Gasteiger partial charge is 0.265 e. The molecular formula is C24H23F5N8O. The van der Waals surface area contributed by atoms with Crippen LogP contribution < -0.4 is 16.4 Å². The molecule has 0 radical (unpaired) electrons. The minimum atomic E-state index is -3.03. The topological polar surface area (TPSA) is 132 Å². The molecule has 4 heterocycles. The van der Waals surface area contributed by atoms with Gasteiger partial charge in [0.2, 0.25) is 0 Å². The monoisotopic (exact) mass is 534 g/mol. The van der Waals surface area contributed by atoms with Gasteiger partial charge in [-0.2, -0.15) is 0 Å². The highest BCUT2D eigenvalue weighted by Crippen LogP contribution is 2.34. The summed E-state index contributed by atoms with van der Waals surface area (Å²) in [4.78, 5) is 18.3. The van der Waals surface area contributed by atoms with Gasteiger partial charge in [0, 0.05) is 24.7 Å². The van der Waals surface area contributed by atoms with Gasteiger partial charge in [-0.05, 0) is 30.5 Å². The van der Waals surface area contributed by atoms with Gasteiger partial charge >= 0.3 is 0 Å². The van der Waals surface area contributed by atoms with E-state index in [0.717, 1.165) is 0 Å². The number of piperidine rings is 1. The molecule has 200 valence electrons. The number of benzene rings is 1. The number of nitrogens with two attached hydrogens (primary N) is 2. The van der Waals surface area contributed by atoms with E-state index in [9.17, 15) is 27.1 Å². The molecule has 5 rings (SSSR count). The summed E-state index contributed by atoms with van der Waals surface area (Å²) in [5.41, 5.74) is 12.0. The molecule has 14 heteroatoms. The summed E-state index contributed by atoms with van der Waals surface area (Å²) < 4.78 is 70.4. The fraction of sp³-hybridized carbons (Fsp3) is 0.333. The molecule has 1 aromatic carbocycles. The summed E-state index contributed by atoms with van der Waals surface area (Å²) in [6.07, 6.45) is -0.358. The second-order valence-electron chi connectivity index (χ2n) is 9.29. The molecule has 38 heavy (non-hydrogen) atoms. The summed E-state index contributed by atoms with van der Waals surface area (Å²) in [5, 5.41) is 10.1. The van der Waals surface area contributed by atoms with E-state index in [1.807, 2.05) is 0 Å². The summed E-state index contributed by atoms with van der Waals surface area (Å²) >= 11 is 0. The lowest BCUT2D eigenvalue weighted by atomic mass is 9.84. The van der Waals surface area contributed by atoms with Gasteiger partial charge in [0.25, 0.3) is 6.43 Å². The van der Waals surface area contributed by atoms with Crippen molar-refractivity contribution in [1.82, 2.24) is 24.5 Å². The van der Waals surface area contributed by atoms with Crippen LogP contribution in [0, 0.1) is 17.5 Å². The molecule has 0 amide bonds. The Bertz CT molecular complexity index is 1500. The number of pyridine rings is 1. The van der Waals surface area contributed by atoms with Crippen LogP contribution in [-0.2, 0) is 6.54 Å². The van der Waals surface area contributed by atoms with Crippen LogP contribution in [0.3, 0.4) is 0 Å². The quantitative estimate of drug-likeness (QED) is 0.254. The molecule has 9 nitrogen and oxygen atoms in total. The van der Waals surface area contributed by atoms with Gasteiger partial charge in [0.05, 0.1) is 36.0 Å². The number of aliphatic hydroxyl groups is 1. The third-order valence-electron chi connectivity index (χ3n) is 6.75. The lowest BCUT2D eigenvalue weighted by Gasteiger charge is -2.44. The van der Waals surface area contributed by atoms with E-state index in [0.29, 0.717) is 47.5 Å². The zero-order chi connectivity index (χ0) is 27.2. The maximum atomic E-state index is 14.6. The van der Waals surface area contributed by atoms with Crippen LogP contribution in [0.15, 0.2) is 37.1 Å². The molecule has 0 spiro atoms. The molecule has 1 saturated heterocycles. The Kier molecular flexibility index (Phi) is 6.61. The first-order chi connectivity index (χ1) is 18.1. The molecule has 5 N–H and O–H groups in total. The van der Waals surface area contributed by atoms with Crippen LogP contribution in [-0.4, -0.2) is 60.8 Å². The number of rotatable bonds is 6. The van der Waals surface area contributed by atoms with Crippen LogP contribution in [0.5, 0.6) is 0 Å². The fourth-order valence-corrected chi connectivity index (χ4v) is 4.78. The van der Waals surface area contributed by atoms with E-state index in [2.05, 4.69) is 19.9 Å². The number of anilines is 2. The maximum Gasteiger partial charge on any atom is 0.265 e. The van der Waals surface area contributed by atoms with E-state index < -0.39 is 35.5 Å². The highest BCUT2D eigenvalue weighted by Gasteiger charge is 2.43. The van der Waals surface area contributed by atoms with Crippen molar-refractivity contribution in [1.29, 1.82) is 0 Å². The van der Waals surface area contributed by atoms with Crippen LogP contribution in [0.4, 0.5) is 33.5 Å². The molecule has 2 atom stereocenters. The molecule has 1 aliphatic rings. The van der Waals surface area contributed by atoms with E-state index in [1.54, 1.807) is 9.47 Å². The molecule has 3 aromatic heterocycles. The van der Waals surface area contributed by atoms with Crippen molar-refractivity contribution in [2.24, 2.45) is 5.73 Å². The lowest BCUT2D eigenvalue weighted by Crippen LogP contribution is -2.63. The molecule has 0 bridgehead atoms. The van der Waals surface area contributed by atoms with Crippen molar-refractivity contribution in [3.8, 4) is 11.3 Å². The first-order valence-corrected chi connectivity index (χ1v) is 11.6. The maximum absolute atomic E-state index is 14.6. The largest absolute Gasteiger partial charge is 0.385 e. The van der Waals surface area contributed by atoms with E-state index in [-0.39, 0.29) is 36.6 Å². The molecule has 1 fully saturated rings. The van der Waals surface area contributed by atoms with Crippen molar-refractivity contribution < 1.29 is 27.1 Å². The number of nitrogen functional groups attached to an aromatic ring is 1. The van der Waals surface area contributed by atoms with E-state index >= 15 is 0 Å². The number of halogens is 5. The normalized spacial score (nSPS) is 18.9. The van der Waals surface area contributed by atoms with Gasteiger partial charge in [-0.3, -0.25) is 4.98 Å². The highest BCUT2D eigenvalue weighted by atomic mass is 19.3. The number of fused-ring (bicyclic) bond motifs is 1. The second kappa shape index (κ2) is 9.76. The van der Waals surface area contributed by atoms with Gasteiger partial charge in [-0.25, -0.2) is 36.9 Å². The van der Waals surface area contributed by atoms with E-state index in [1.165, 1.54) is 24.9 Å². The number of hydrogen-bond acceptors (Lipinski definition) is 8. The predicted octanol–water partition coefficient (Wildman–Crippen LogP) is 2.86. The van der Waals surface area contributed by atoms with Gasteiger partial charge in [-0.15, -0.1) is 0 Å². The van der Waals surface area contributed by atoms with Crippen LogP contribution in [0.2, 0.25) is 0 Å². The van der Waals surface area contributed by atoms with Gasteiger partial charge in [0.1, 0.15) is 23.8 Å². The number of hydrogen-bond donors (Lipinski definition) is 3. The number of aliphatic hydroxyl groups excluding tert-OH is 1. The zero-order valence-corrected chi connectivity index (χ0v) is 19.8. The van der Waals surface area contributed by atoms with Crippen LogP contribution >= 0.6 is 0 Å². The minimum Gasteiger partial charge on any atom is -0.385 e. The van der Waals surface area contributed by atoms with Crippen molar-refractivity contribution >= 4 is 22.7 Å². The van der Waals surface area contributed by atoms with Gasteiger partial charge in [0.15, 0.2) is 23.1 Å². The molecule has 0 saturated carbocycles. The Balaban J connectivity index is 1.60. The predicted molar refractivity (Wildman–Crippen MR) is 129 cm³/mol. The van der Waals surface area contributed by atoms with E-state index in [4.69, 9.17) is 11.5 Å². The SMILES string of the molecule is Nc1ncnc2c1ncn2Cc1cc(-c2cc(F)c(F)cc2F)ncc1N1CCCC(N)(C(O)C(F)F)C1. The second-order valence-corrected chi connectivity index (χ2v) is 9.29. The Morgan fingerprint density at radius 2 is 1.79 bits per heavy atom. The molecule has 1 aliphatic heterocycles. The Morgan fingerprint density at radius 3 is 2.55 bits per heavy atom. The summed E-state index contributed by atoms with van der Waals surface area (Å²) in [6, 6.07) is 2.63. The molecular weight excluding hydrogens is 511 g/mol. The molecule has 0 aliphatic carbocycles. The minimum absolute atomic E-state index is 0.0161. The standard InChI is InChI=1S/C24H23F5N8O/c25-14-6-16(27)15(26)5-13(14)17-4-12(8-37-11-35-19-22(30)33-10-34-23(19)37)18(7-32-17)36-3-1-2-24(31,9-36)20(38)21(28)29/h4-7,10-11,20-21,38H,1-3,8-9,31H2,(H2,30,33,34). The van der Waals surface area contributed by atoms with Crippen LogP contribution in [0.1, 0.15) is 18.4 Å². The number of nitrogens with zero attached hydrogens (tertiary/aromatic N) is 6. The lowest BCUT2D eigenvalue weighted by molar-refractivity contribution is -0.0529. The van der Waals surface area contributed by atoms with Crippen molar-refractivity contribution in [3.63, 3.8) is 0 Å². The van der Waals surface area contributed by atoms with Crippen molar-refractivity contribution in [2.75, 3.05) is 23.7 Å². The Morgan fingerprint density at radius 1 is 1.03 bits per heavy atom. The average Bonchev–Trinajstić information content (AvgIpc) is 3.29. The van der Waals surface area contributed by atoms with Crippen molar-refractivity contribution in [3.05, 3.63) is 60.1 Å². The Labute approximate surface area is 213 Å².